The lowest BCUT2D eigenvalue weighted by atomic mass is 10.1. The molecule has 118 valence electrons. The zero-order valence-electron chi connectivity index (χ0n) is 12.5. The number of halogens is 1. The molecule has 0 saturated heterocycles. The number of fused-ring (bicyclic) bond motifs is 1. The van der Waals surface area contributed by atoms with Crippen molar-refractivity contribution in [1.82, 2.24) is 5.32 Å². The summed E-state index contributed by atoms with van der Waals surface area (Å²) in [7, 11) is 1.57. The molecule has 0 aliphatic carbocycles. The molecule has 1 heterocycles. The highest BCUT2D eigenvalue weighted by atomic mass is 35.5. The Morgan fingerprint density at radius 2 is 1.96 bits per heavy atom. The summed E-state index contributed by atoms with van der Waals surface area (Å²) in [6.07, 6.45) is 0.499. The maximum atomic E-state index is 12.7. The SMILES string of the molecule is CNC(=O)C1Cc2ccccc2N1C(=O)Nc1cccc(Cl)c1. The van der Waals surface area contributed by atoms with Crippen molar-refractivity contribution in [1.29, 1.82) is 0 Å². The molecule has 23 heavy (non-hydrogen) atoms. The first-order chi connectivity index (χ1) is 11.1. The summed E-state index contributed by atoms with van der Waals surface area (Å²) in [4.78, 5) is 26.4. The second-order valence-electron chi connectivity index (χ2n) is 5.27. The van der Waals surface area contributed by atoms with Crippen LogP contribution in [0.15, 0.2) is 48.5 Å². The second kappa shape index (κ2) is 6.30. The summed E-state index contributed by atoms with van der Waals surface area (Å²) in [6, 6.07) is 13.5. The Morgan fingerprint density at radius 3 is 2.70 bits per heavy atom. The Hall–Kier alpha value is -2.53. The zero-order chi connectivity index (χ0) is 16.4. The first-order valence-electron chi connectivity index (χ1n) is 7.25. The molecule has 0 aromatic heterocycles. The number of nitrogens with one attached hydrogen (secondary N) is 2. The van der Waals surface area contributed by atoms with Gasteiger partial charge in [0.1, 0.15) is 6.04 Å². The van der Waals surface area contributed by atoms with Crippen LogP contribution in [0.25, 0.3) is 0 Å². The standard InChI is InChI=1S/C17H16ClN3O2/c1-19-16(22)15-9-11-5-2-3-8-14(11)21(15)17(23)20-13-7-4-6-12(18)10-13/h2-8,10,15H,9H2,1H3,(H,19,22)(H,20,23). The molecule has 1 aliphatic rings. The Bertz CT molecular complexity index is 763. The predicted octanol–water partition coefficient (Wildman–Crippen LogP) is 3.05. The van der Waals surface area contributed by atoms with Crippen molar-refractivity contribution in [2.75, 3.05) is 17.3 Å². The summed E-state index contributed by atoms with van der Waals surface area (Å²) in [5.74, 6) is -0.192. The first kappa shape index (κ1) is 15.4. The van der Waals surface area contributed by atoms with Gasteiger partial charge in [0, 0.05) is 29.9 Å². The van der Waals surface area contributed by atoms with E-state index in [4.69, 9.17) is 11.6 Å². The molecule has 2 aromatic rings. The van der Waals surface area contributed by atoms with E-state index >= 15 is 0 Å². The largest absolute Gasteiger partial charge is 0.357 e. The van der Waals surface area contributed by atoms with Crippen molar-refractivity contribution >= 4 is 34.9 Å². The predicted molar refractivity (Wildman–Crippen MR) is 91.0 cm³/mol. The monoisotopic (exact) mass is 329 g/mol. The average molecular weight is 330 g/mol. The van der Waals surface area contributed by atoms with Crippen LogP contribution in [0, 0.1) is 0 Å². The Balaban J connectivity index is 1.90. The van der Waals surface area contributed by atoms with Gasteiger partial charge in [0.25, 0.3) is 0 Å². The first-order valence-corrected chi connectivity index (χ1v) is 7.63. The summed E-state index contributed by atoms with van der Waals surface area (Å²) in [6.45, 7) is 0. The van der Waals surface area contributed by atoms with Crippen LogP contribution in [-0.4, -0.2) is 25.0 Å². The van der Waals surface area contributed by atoms with Crippen molar-refractivity contribution in [3.63, 3.8) is 0 Å². The third-order valence-corrected chi connectivity index (χ3v) is 4.05. The van der Waals surface area contributed by atoms with Gasteiger partial charge in [-0.05, 0) is 29.8 Å². The van der Waals surface area contributed by atoms with Crippen LogP contribution in [-0.2, 0) is 11.2 Å². The number of anilines is 2. The van der Waals surface area contributed by atoms with E-state index < -0.39 is 6.04 Å². The molecule has 1 atom stereocenters. The van der Waals surface area contributed by atoms with E-state index in [-0.39, 0.29) is 11.9 Å². The fourth-order valence-corrected chi connectivity index (χ4v) is 2.95. The lowest BCUT2D eigenvalue weighted by Crippen LogP contribution is -2.48. The molecule has 2 aromatic carbocycles. The van der Waals surface area contributed by atoms with Crippen molar-refractivity contribution in [3.05, 3.63) is 59.1 Å². The molecule has 5 nitrogen and oxygen atoms in total. The number of carbonyl (C=O) groups excluding carboxylic acids is 2. The minimum Gasteiger partial charge on any atom is -0.357 e. The van der Waals surface area contributed by atoms with E-state index in [2.05, 4.69) is 10.6 Å². The van der Waals surface area contributed by atoms with Gasteiger partial charge in [0.15, 0.2) is 0 Å². The minimum absolute atomic E-state index is 0.192. The Kier molecular flexibility index (Phi) is 4.21. The molecular weight excluding hydrogens is 314 g/mol. The summed E-state index contributed by atoms with van der Waals surface area (Å²) >= 11 is 5.94. The van der Waals surface area contributed by atoms with E-state index in [1.54, 1.807) is 31.3 Å². The van der Waals surface area contributed by atoms with E-state index in [1.165, 1.54) is 4.90 Å². The smallest absolute Gasteiger partial charge is 0.327 e. The lowest BCUT2D eigenvalue weighted by molar-refractivity contribution is -0.121. The van der Waals surface area contributed by atoms with Crippen LogP contribution in [0.5, 0.6) is 0 Å². The maximum absolute atomic E-state index is 12.7. The molecule has 1 aliphatic heterocycles. The fourth-order valence-electron chi connectivity index (χ4n) is 2.76. The normalized spacial score (nSPS) is 15.9. The number of hydrogen-bond acceptors (Lipinski definition) is 2. The van der Waals surface area contributed by atoms with Gasteiger partial charge in [-0.1, -0.05) is 35.9 Å². The van der Waals surface area contributed by atoms with Crippen molar-refractivity contribution in [3.8, 4) is 0 Å². The minimum atomic E-state index is -0.559. The number of para-hydroxylation sites is 1. The Labute approximate surface area is 139 Å². The van der Waals surface area contributed by atoms with Gasteiger partial charge in [-0.25, -0.2) is 4.79 Å². The molecule has 0 fully saturated rings. The summed E-state index contributed by atoms with van der Waals surface area (Å²) in [5, 5.41) is 5.95. The van der Waals surface area contributed by atoms with E-state index in [0.717, 1.165) is 11.3 Å². The van der Waals surface area contributed by atoms with E-state index in [0.29, 0.717) is 17.1 Å². The molecule has 0 radical (unpaired) electrons. The second-order valence-corrected chi connectivity index (χ2v) is 5.71. The highest BCUT2D eigenvalue weighted by molar-refractivity contribution is 6.31. The molecule has 0 spiro atoms. The maximum Gasteiger partial charge on any atom is 0.327 e. The molecular formula is C17H16ClN3O2. The van der Waals surface area contributed by atoms with Crippen LogP contribution < -0.4 is 15.5 Å². The van der Waals surface area contributed by atoms with Crippen LogP contribution in [0.1, 0.15) is 5.56 Å². The molecule has 0 bridgehead atoms. The van der Waals surface area contributed by atoms with E-state index in [1.807, 2.05) is 24.3 Å². The fraction of sp³-hybridized carbons (Fsp3) is 0.176. The van der Waals surface area contributed by atoms with E-state index in [9.17, 15) is 9.59 Å². The zero-order valence-corrected chi connectivity index (χ0v) is 13.3. The van der Waals surface area contributed by atoms with Crippen LogP contribution >= 0.6 is 11.6 Å². The molecule has 0 saturated carbocycles. The van der Waals surface area contributed by atoms with Crippen molar-refractivity contribution < 1.29 is 9.59 Å². The highest BCUT2D eigenvalue weighted by Crippen LogP contribution is 2.32. The third-order valence-electron chi connectivity index (χ3n) is 3.82. The molecule has 3 amide bonds. The number of likely N-dealkylation sites (N-methyl/N-ethyl adjacent to an activating group) is 1. The number of hydrogen-bond donors (Lipinski definition) is 2. The number of nitrogens with zero attached hydrogens (tertiary/aromatic N) is 1. The molecule has 6 heteroatoms. The number of urea groups is 1. The number of amides is 3. The van der Waals surface area contributed by atoms with Crippen molar-refractivity contribution in [2.45, 2.75) is 12.5 Å². The van der Waals surface area contributed by atoms with Gasteiger partial charge < -0.3 is 10.6 Å². The Morgan fingerprint density at radius 1 is 1.17 bits per heavy atom. The van der Waals surface area contributed by atoms with Crippen LogP contribution in [0.2, 0.25) is 5.02 Å². The highest BCUT2D eigenvalue weighted by Gasteiger charge is 2.37. The van der Waals surface area contributed by atoms with Crippen LogP contribution in [0.3, 0.4) is 0 Å². The lowest BCUT2D eigenvalue weighted by Gasteiger charge is -2.24. The van der Waals surface area contributed by atoms with Gasteiger partial charge in [-0.3, -0.25) is 9.69 Å². The van der Waals surface area contributed by atoms with Crippen LogP contribution in [0.4, 0.5) is 16.2 Å². The summed E-state index contributed by atoms with van der Waals surface area (Å²) < 4.78 is 0. The van der Waals surface area contributed by atoms with Crippen molar-refractivity contribution in [2.24, 2.45) is 0 Å². The number of benzene rings is 2. The van der Waals surface area contributed by atoms with Gasteiger partial charge >= 0.3 is 6.03 Å². The van der Waals surface area contributed by atoms with Gasteiger partial charge in [0.05, 0.1) is 0 Å². The molecule has 3 rings (SSSR count). The van der Waals surface area contributed by atoms with Gasteiger partial charge in [-0.2, -0.15) is 0 Å². The number of carbonyl (C=O) groups is 2. The summed E-state index contributed by atoms with van der Waals surface area (Å²) in [5.41, 5.74) is 2.31. The molecule has 1 unspecified atom stereocenters. The topological polar surface area (TPSA) is 61.4 Å². The van der Waals surface area contributed by atoms with Gasteiger partial charge in [0.2, 0.25) is 5.91 Å². The average Bonchev–Trinajstić information content (AvgIpc) is 2.93. The third kappa shape index (κ3) is 3.00. The van der Waals surface area contributed by atoms with Gasteiger partial charge in [-0.15, -0.1) is 0 Å². The quantitative estimate of drug-likeness (QED) is 0.889. The molecule has 2 N–H and O–H groups in total. The number of rotatable bonds is 2.